The molecule has 378 valence electrons. The summed E-state index contributed by atoms with van der Waals surface area (Å²) in [5.41, 5.74) is -12.2. The molecule has 0 aromatic heterocycles. The van der Waals surface area contributed by atoms with Gasteiger partial charge in [0.25, 0.3) is 0 Å². The third kappa shape index (κ3) is 9.01. The van der Waals surface area contributed by atoms with Crippen molar-refractivity contribution in [2.45, 2.75) is 211 Å². The number of unbranched alkanes of at least 4 members (excludes halogenated alkanes) is 2. The van der Waals surface area contributed by atoms with Crippen LogP contribution in [0, 0.1) is 11.8 Å². The van der Waals surface area contributed by atoms with Crippen LogP contribution in [0.15, 0.2) is 22.3 Å². The third-order valence-corrected chi connectivity index (χ3v) is 14.5. The number of hydrogen-bond acceptors (Lipinski definition) is 20. The lowest BCUT2D eigenvalue weighted by atomic mass is 9.75. The predicted octanol–water partition coefficient (Wildman–Crippen LogP) is 2.58. The van der Waals surface area contributed by atoms with E-state index in [0.717, 1.165) is 33.6 Å². The van der Waals surface area contributed by atoms with Crippen molar-refractivity contribution >= 4 is 53.4 Å². The molecule has 2 saturated carbocycles. The highest BCUT2D eigenvalue weighted by atomic mass is 16.6. The van der Waals surface area contributed by atoms with Gasteiger partial charge in [-0.05, 0) is 83.1 Å². The van der Waals surface area contributed by atoms with Gasteiger partial charge in [0.1, 0.15) is 23.4 Å². The summed E-state index contributed by atoms with van der Waals surface area (Å²) < 4.78 is 39.0. The number of rotatable bonds is 13. The minimum atomic E-state index is -2.55. The number of esters is 7. The molecule has 0 amide bonds. The van der Waals surface area contributed by atoms with Crippen molar-refractivity contribution in [2.24, 2.45) is 11.8 Å². The van der Waals surface area contributed by atoms with E-state index in [-0.39, 0.29) is 60.2 Å². The highest BCUT2D eigenvalue weighted by Gasteiger charge is 2.77. The lowest BCUT2D eigenvalue weighted by Crippen LogP contribution is -2.64. The van der Waals surface area contributed by atoms with Crippen LogP contribution < -0.4 is 0 Å². The van der Waals surface area contributed by atoms with Gasteiger partial charge in [-0.25, -0.2) is 9.59 Å². The van der Waals surface area contributed by atoms with Gasteiger partial charge >= 0.3 is 41.8 Å². The number of carbonyl (C=O) groups is 9. The van der Waals surface area contributed by atoms with Gasteiger partial charge in [0.15, 0.2) is 52.3 Å². The molecule has 0 aromatic carbocycles. The van der Waals surface area contributed by atoms with E-state index in [9.17, 15) is 63.6 Å². The second kappa shape index (κ2) is 19.4. The molecule has 2 heterocycles. The molecule has 0 spiro atoms. The van der Waals surface area contributed by atoms with Crippen LogP contribution in [0.5, 0.6) is 0 Å². The molecule has 6 aliphatic rings. The lowest BCUT2D eigenvalue weighted by molar-refractivity contribution is -0.211. The van der Waals surface area contributed by atoms with Crippen LogP contribution in [-0.4, -0.2) is 138 Å². The molecular formula is C48H66O20. The van der Waals surface area contributed by atoms with Gasteiger partial charge in [0.05, 0.1) is 5.92 Å². The summed E-state index contributed by atoms with van der Waals surface area (Å²) in [6.07, 6.45) is -4.93. The summed E-state index contributed by atoms with van der Waals surface area (Å²) in [5.74, 6) is -8.31. The second-order valence-corrected chi connectivity index (χ2v) is 19.6. The Bertz CT molecular complexity index is 2190. The van der Waals surface area contributed by atoms with Gasteiger partial charge in [-0.3, -0.25) is 33.6 Å². The van der Waals surface area contributed by atoms with Gasteiger partial charge in [-0.15, -0.1) is 0 Å². The Kier molecular flexibility index (Phi) is 15.4. The molecule has 4 aliphatic carbocycles. The number of hydrogen-bond donors (Lipinski definition) is 4. The van der Waals surface area contributed by atoms with Gasteiger partial charge in [-0.2, -0.15) is 0 Å². The first kappa shape index (κ1) is 53.9. The minimum absolute atomic E-state index is 0.0138. The molecule has 4 fully saturated rings. The zero-order valence-electron chi connectivity index (χ0n) is 40.6. The lowest BCUT2D eigenvalue weighted by Gasteiger charge is -2.41. The number of Topliss-reactive ketones (excluding diaryl/α,β-unsaturated/α-hetero) is 2. The summed E-state index contributed by atoms with van der Waals surface area (Å²) in [4.78, 5) is 113. The van der Waals surface area contributed by atoms with Crippen molar-refractivity contribution in [2.75, 3.05) is 0 Å². The molecule has 13 atom stereocenters. The van der Waals surface area contributed by atoms with Crippen molar-refractivity contribution in [3.8, 4) is 0 Å². The van der Waals surface area contributed by atoms with E-state index in [1.807, 2.05) is 6.92 Å². The molecule has 20 heteroatoms. The highest BCUT2D eigenvalue weighted by Crippen LogP contribution is 2.58. The standard InChI is InChI=1S/C27H38O11.C21H28O9/c1-7-9-10-12-18(30)36-22-20-19(14(3)21(22)31)23-27(34,26(6,33)24(32)37-23)16(35-17(29)11-8-2)13-25(20,5)38-15(4)28;1-6-7-15(24)28-14-9-19(4,30-11(3)22)12-8-13(23)10(2)16(12)17-21(14,27)20(5,26)18(25)29-17/h16,20,22-23,33-34H,7-13H2,1-6H3;12,14,17,26-27H,6-9H2,1-5H3/t16-,20+,22-,23-,25-,26+,27+;12-,14-,17-,19-,20+,21+/m00/s1. The van der Waals surface area contributed by atoms with Crippen LogP contribution in [0.2, 0.25) is 0 Å². The number of carbonyl (C=O) groups excluding carboxylic acids is 9. The Balaban J connectivity index is 0.000000261. The van der Waals surface area contributed by atoms with Crippen LogP contribution >= 0.6 is 0 Å². The van der Waals surface area contributed by atoms with E-state index >= 15 is 0 Å². The molecule has 0 radical (unpaired) electrons. The van der Waals surface area contributed by atoms with Gasteiger partial charge in [-0.1, -0.05) is 33.6 Å². The first-order valence-corrected chi connectivity index (χ1v) is 23.2. The molecule has 2 saturated heterocycles. The molecule has 0 bridgehead atoms. The van der Waals surface area contributed by atoms with Crippen molar-refractivity contribution in [3.05, 3.63) is 22.3 Å². The van der Waals surface area contributed by atoms with Gasteiger partial charge < -0.3 is 53.6 Å². The number of ketones is 2. The SMILES string of the molecule is CCCC(=O)O[C@H]1C[C@](C)(OC(C)=O)[C@H]2CC(=O)C(C)=C2[C@@H]2OC(=O)[C@@](C)(O)[C@@]12O.CCCCCC(=O)O[C@@H]1C(=O)C(C)=C2[C@H]1[C@@](C)(OC(C)=O)C[C@H](OC(=O)CCC)[C@@]1(O)[C@H]2OC(=O)[C@@]1(C)O. The third-order valence-electron chi connectivity index (χ3n) is 14.5. The maximum absolute atomic E-state index is 13.5. The van der Waals surface area contributed by atoms with Crippen LogP contribution in [0.4, 0.5) is 0 Å². The minimum Gasteiger partial charge on any atom is -0.459 e. The van der Waals surface area contributed by atoms with E-state index in [4.69, 9.17) is 33.2 Å². The Morgan fingerprint density at radius 3 is 1.50 bits per heavy atom. The Morgan fingerprint density at radius 1 is 0.603 bits per heavy atom. The summed E-state index contributed by atoms with van der Waals surface area (Å²) in [6, 6.07) is 0. The van der Waals surface area contributed by atoms with Gasteiger partial charge in [0.2, 0.25) is 0 Å². The van der Waals surface area contributed by atoms with Crippen molar-refractivity contribution in [1.82, 2.24) is 0 Å². The normalized spacial score (nSPS) is 38.1. The maximum atomic E-state index is 13.5. The Hall–Kier alpha value is -5.05. The zero-order chi connectivity index (χ0) is 51.3. The summed E-state index contributed by atoms with van der Waals surface area (Å²) in [5, 5.41) is 45.9. The second-order valence-electron chi connectivity index (χ2n) is 19.6. The topological polar surface area (TPSA) is 299 Å². The molecule has 2 aliphatic heterocycles. The fourth-order valence-electron chi connectivity index (χ4n) is 10.9. The Morgan fingerprint density at radius 2 is 1.04 bits per heavy atom. The first-order valence-electron chi connectivity index (χ1n) is 23.2. The number of ether oxygens (including phenoxy) is 7. The fourth-order valence-corrected chi connectivity index (χ4v) is 10.9. The number of fused-ring (bicyclic) bond motifs is 6. The van der Waals surface area contributed by atoms with E-state index in [0.29, 0.717) is 19.3 Å². The quantitative estimate of drug-likeness (QED) is 0.117. The predicted molar refractivity (Wildman–Crippen MR) is 231 cm³/mol. The molecule has 4 N–H and O–H groups in total. The van der Waals surface area contributed by atoms with Crippen LogP contribution in [0.1, 0.15) is 147 Å². The molecule has 6 rings (SSSR count). The zero-order valence-corrected chi connectivity index (χ0v) is 40.6. The molecule has 20 nitrogen and oxygen atoms in total. The van der Waals surface area contributed by atoms with E-state index in [1.54, 1.807) is 20.8 Å². The Labute approximate surface area is 394 Å². The molecular weight excluding hydrogens is 897 g/mol. The van der Waals surface area contributed by atoms with E-state index in [2.05, 4.69) is 0 Å². The summed E-state index contributed by atoms with van der Waals surface area (Å²) in [7, 11) is 0. The summed E-state index contributed by atoms with van der Waals surface area (Å²) >= 11 is 0. The van der Waals surface area contributed by atoms with E-state index < -0.39 is 130 Å². The molecule has 68 heavy (non-hydrogen) atoms. The number of allylic oxidation sites excluding steroid dienone is 1. The average Bonchev–Trinajstić information content (AvgIpc) is 3.76. The molecule has 0 unspecified atom stereocenters. The molecule has 0 aromatic rings. The van der Waals surface area contributed by atoms with Crippen LogP contribution in [0.25, 0.3) is 0 Å². The van der Waals surface area contributed by atoms with E-state index in [1.165, 1.54) is 27.7 Å². The number of aliphatic hydroxyl groups is 4. The van der Waals surface area contributed by atoms with Crippen LogP contribution in [0.3, 0.4) is 0 Å². The summed E-state index contributed by atoms with van der Waals surface area (Å²) in [6.45, 7) is 16.0. The monoisotopic (exact) mass is 962 g/mol. The largest absolute Gasteiger partial charge is 0.459 e. The maximum Gasteiger partial charge on any atom is 0.341 e. The first-order chi connectivity index (χ1) is 31.4. The van der Waals surface area contributed by atoms with Crippen molar-refractivity contribution in [3.63, 3.8) is 0 Å². The average molecular weight is 963 g/mol. The van der Waals surface area contributed by atoms with Crippen molar-refractivity contribution in [1.29, 1.82) is 0 Å². The van der Waals surface area contributed by atoms with Crippen molar-refractivity contribution < 1.29 is 96.7 Å². The smallest absolute Gasteiger partial charge is 0.341 e. The van der Waals surface area contributed by atoms with Crippen LogP contribution in [-0.2, 0) is 76.3 Å². The van der Waals surface area contributed by atoms with Gasteiger partial charge in [0, 0.05) is 58.3 Å². The highest BCUT2D eigenvalue weighted by molar-refractivity contribution is 6.04. The fraction of sp³-hybridized carbons (Fsp3) is 0.729.